The number of aliphatic hydroxyl groups excluding tert-OH is 1. The van der Waals surface area contributed by atoms with Crippen molar-refractivity contribution < 1.29 is 9.63 Å². The van der Waals surface area contributed by atoms with Crippen molar-refractivity contribution >= 4 is 0 Å². The largest absolute Gasteiger partial charge is 0.392 e. The normalized spacial score (nSPS) is 15.7. The van der Waals surface area contributed by atoms with Crippen LogP contribution in [0, 0.1) is 6.92 Å². The first-order chi connectivity index (χ1) is 6.09. The van der Waals surface area contributed by atoms with Gasteiger partial charge in [0.05, 0.1) is 12.6 Å². The predicted octanol–water partition coefficient (Wildman–Crippen LogP) is 0.237. The molecule has 0 saturated heterocycles. The summed E-state index contributed by atoms with van der Waals surface area (Å²) in [6.07, 6.45) is -0.385. The van der Waals surface area contributed by atoms with Crippen molar-refractivity contribution in [3.05, 3.63) is 11.7 Å². The predicted molar refractivity (Wildman–Crippen MR) is 47.0 cm³/mol. The Kier molecular flexibility index (Phi) is 3.39. The summed E-state index contributed by atoms with van der Waals surface area (Å²) < 4.78 is 4.89. The highest BCUT2D eigenvalue weighted by atomic mass is 16.5. The Labute approximate surface area is 77.2 Å². The summed E-state index contributed by atoms with van der Waals surface area (Å²) >= 11 is 0. The zero-order valence-electron chi connectivity index (χ0n) is 8.11. The maximum absolute atomic E-state index is 9.17. The van der Waals surface area contributed by atoms with Gasteiger partial charge in [-0.1, -0.05) is 5.16 Å². The minimum absolute atomic E-state index is 0.0206. The number of hydrogen-bond acceptors (Lipinski definition) is 5. The monoisotopic (exact) mass is 185 g/mol. The molecule has 0 aromatic carbocycles. The van der Waals surface area contributed by atoms with Crippen LogP contribution in [0.25, 0.3) is 0 Å². The van der Waals surface area contributed by atoms with Crippen LogP contribution in [0.15, 0.2) is 4.52 Å². The average Bonchev–Trinajstić information content (AvgIpc) is 2.47. The van der Waals surface area contributed by atoms with Gasteiger partial charge in [-0.05, 0) is 20.8 Å². The van der Waals surface area contributed by atoms with E-state index in [2.05, 4.69) is 15.5 Å². The standard InChI is InChI=1S/C8H15N3O2/c1-5(6(2)12)9-4-8-10-7(3)11-13-8/h5-6,9,12H,4H2,1-3H3. The van der Waals surface area contributed by atoms with E-state index in [-0.39, 0.29) is 12.1 Å². The maximum Gasteiger partial charge on any atom is 0.240 e. The molecular formula is C8H15N3O2. The summed E-state index contributed by atoms with van der Waals surface area (Å²) in [5, 5.41) is 15.9. The van der Waals surface area contributed by atoms with Crippen LogP contribution >= 0.6 is 0 Å². The molecule has 1 aromatic rings. The van der Waals surface area contributed by atoms with E-state index in [0.29, 0.717) is 18.3 Å². The minimum Gasteiger partial charge on any atom is -0.392 e. The lowest BCUT2D eigenvalue weighted by Crippen LogP contribution is -2.34. The lowest BCUT2D eigenvalue weighted by molar-refractivity contribution is 0.150. The van der Waals surface area contributed by atoms with E-state index in [0.717, 1.165) is 0 Å². The van der Waals surface area contributed by atoms with E-state index in [1.165, 1.54) is 0 Å². The van der Waals surface area contributed by atoms with Crippen LogP contribution in [0.2, 0.25) is 0 Å². The Morgan fingerprint density at radius 1 is 1.54 bits per heavy atom. The van der Waals surface area contributed by atoms with E-state index in [1.54, 1.807) is 13.8 Å². The van der Waals surface area contributed by atoms with Gasteiger partial charge in [0.15, 0.2) is 5.82 Å². The fraction of sp³-hybridized carbons (Fsp3) is 0.750. The third-order valence-electron chi connectivity index (χ3n) is 1.87. The van der Waals surface area contributed by atoms with Crippen LogP contribution in [0.5, 0.6) is 0 Å². The van der Waals surface area contributed by atoms with Gasteiger partial charge in [0.25, 0.3) is 0 Å². The number of nitrogens with one attached hydrogen (secondary N) is 1. The van der Waals surface area contributed by atoms with Gasteiger partial charge in [0.1, 0.15) is 0 Å². The summed E-state index contributed by atoms with van der Waals surface area (Å²) in [4.78, 5) is 4.02. The number of hydrogen-bond donors (Lipinski definition) is 2. The molecule has 0 aliphatic carbocycles. The molecule has 0 aliphatic rings. The summed E-state index contributed by atoms with van der Waals surface area (Å²) in [5.74, 6) is 1.17. The van der Waals surface area contributed by atoms with Crippen LogP contribution < -0.4 is 5.32 Å². The Balaban J connectivity index is 2.35. The molecular weight excluding hydrogens is 170 g/mol. The second-order valence-electron chi connectivity index (χ2n) is 3.15. The highest BCUT2D eigenvalue weighted by Crippen LogP contribution is 1.97. The second-order valence-corrected chi connectivity index (χ2v) is 3.15. The summed E-state index contributed by atoms with van der Waals surface area (Å²) in [7, 11) is 0. The van der Waals surface area contributed by atoms with Gasteiger partial charge in [-0.3, -0.25) is 0 Å². The molecule has 1 heterocycles. The van der Waals surface area contributed by atoms with E-state index in [4.69, 9.17) is 4.52 Å². The lowest BCUT2D eigenvalue weighted by Gasteiger charge is -2.14. The molecule has 0 bridgehead atoms. The summed E-state index contributed by atoms with van der Waals surface area (Å²) in [5.41, 5.74) is 0. The van der Waals surface area contributed by atoms with Gasteiger partial charge in [-0.2, -0.15) is 4.98 Å². The zero-order chi connectivity index (χ0) is 9.84. The maximum atomic E-state index is 9.17. The van der Waals surface area contributed by atoms with E-state index in [9.17, 15) is 5.11 Å². The average molecular weight is 185 g/mol. The zero-order valence-corrected chi connectivity index (χ0v) is 8.11. The fourth-order valence-electron chi connectivity index (χ4n) is 0.831. The van der Waals surface area contributed by atoms with E-state index in [1.807, 2.05) is 6.92 Å². The van der Waals surface area contributed by atoms with Gasteiger partial charge in [0.2, 0.25) is 5.89 Å². The molecule has 0 aliphatic heterocycles. The van der Waals surface area contributed by atoms with Crippen molar-refractivity contribution in [2.24, 2.45) is 0 Å². The molecule has 0 spiro atoms. The Morgan fingerprint density at radius 2 is 2.23 bits per heavy atom. The fourth-order valence-corrected chi connectivity index (χ4v) is 0.831. The molecule has 2 unspecified atom stereocenters. The van der Waals surface area contributed by atoms with Gasteiger partial charge in [-0.15, -0.1) is 0 Å². The second kappa shape index (κ2) is 4.34. The first kappa shape index (κ1) is 10.1. The van der Waals surface area contributed by atoms with Crippen molar-refractivity contribution in [1.29, 1.82) is 0 Å². The van der Waals surface area contributed by atoms with Crippen LogP contribution in [0.1, 0.15) is 25.6 Å². The molecule has 2 N–H and O–H groups in total. The highest BCUT2D eigenvalue weighted by molar-refractivity contribution is 4.83. The lowest BCUT2D eigenvalue weighted by atomic mass is 10.2. The van der Waals surface area contributed by atoms with Gasteiger partial charge < -0.3 is 14.9 Å². The third kappa shape index (κ3) is 3.12. The Hall–Kier alpha value is -0.940. The summed E-state index contributed by atoms with van der Waals surface area (Å²) in [6.45, 7) is 5.89. The highest BCUT2D eigenvalue weighted by Gasteiger charge is 2.09. The van der Waals surface area contributed by atoms with Crippen LogP contribution in [0.4, 0.5) is 0 Å². The number of aliphatic hydroxyl groups is 1. The molecule has 0 fully saturated rings. The van der Waals surface area contributed by atoms with Crippen LogP contribution in [-0.4, -0.2) is 27.4 Å². The molecule has 5 nitrogen and oxygen atoms in total. The minimum atomic E-state index is -0.385. The first-order valence-electron chi connectivity index (χ1n) is 4.30. The van der Waals surface area contributed by atoms with Crippen molar-refractivity contribution in [2.45, 2.75) is 39.5 Å². The molecule has 74 valence electrons. The molecule has 0 amide bonds. The van der Waals surface area contributed by atoms with Crippen molar-refractivity contribution in [3.8, 4) is 0 Å². The topological polar surface area (TPSA) is 71.2 Å². The number of aromatic nitrogens is 2. The van der Waals surface area contributed by atoms with Crippen molar-refractivity contribution in [1.82, 2.24) is 15.5 Å². The van der Waals surface area contributed by atoms with Gasteiger partial charge in [0, 0.05) is 6.04 Å². The van der Waals surface area contributed by atoms with Crippen LogP contribution in [0.3, 0.4) is 0 Å². The number of nitrogens with zero attached hydrogens (tertiary/aromatic N) is 2. The van der Waals surface area contributed by atoms with E-state index < -0.39 is 0 Å². The SMILES string of the molecule is Cc1noc(CNC(C)C(C)O)n1. The summed E-state index contributed by atoms with van der Waals surface area (Å²) in [6, 6.07) is 0.0206. The van der Waals surface area contributed by atoms with Crippen molar-refractivity contribution in [3.63, 3.8) is 0 Å². The van der Waals surface area contributed by atoms with Gasteiger partial charge >= 0.3 is 0 Å². The molecule has 2 atom stereocenters. The smallest absolute Gasteiger partial charge is 0.240 e. The number of rotatable bonds is 4. The van der Waals surface area contributed by atoms with Crippen molar-refractivity contribution in [2.75, 3.05) is 0 Å². The molecule has 13 heavy (non-hydrogen) atoms. The van der Waals surface area contributed by atoms with Gasteiger partial charge in [-0.25, -0.2) is 0 Å². The van der Waals surface area contributed by atoms with Crippen LogP contribution in [-0.2, 0) is 6.54 Å². The molecule has 0 saturated carbocycles. The quantitative estimate of drug-likeness (QED) is 0.703. The molecule has 1 rings (SSSR count). The Bertz CT molecular complexity index is 260. The number of aryl methyl sites for hydroxylation is 1. The first-order valence-corrected chi connectivity index (χ1v) is 4.30. The van der Waals surface area contributed by atoms with E-state index >= 15 is 0 Å². The third-order valence-corrected chi connectivity index (χ3v) is 1.87. The Morgan fingerprint density at radius 3 is 2.69 bits per heavy atom. The molecule has 1 aromatic heterocycles. The molecule has 5 heteroatoms. The molecule has 0 radical (unpaired) electrons.